The molecule has 140 valence electrons. The number of hydrogen-bond acceptors (Lipinski definition) is 6. The molecule has 2 aromatic rings. The fraction of sp³-hybridized carbons (Fsp3) is 0.158. The molecule has 1 aliphatic rings. The minimum Gasteiger partial charge on any atom is -0.497 e. The third-order valence-corrected chi connectivity index (χ3v) is 5.94. The molecule has 0 radical (unpaired) electrons. The number of rotatable bonds is 4. The summed E-state index contributed by atoms with van der Waals surface area (Å²) >= 11 is 0. The van der Waals surface area contributed by atoms with Gasteiger partial charge in [-0.1, -0.05) is 24.3 Å². The highest BCUT2D eigenvalue weighted by atomic mass is 32.2. The predicted octanol–water partition coefficient (Wildman–Crippen LogP) is 2.10. The topological polar surface area (TPSA) is 90.0 Å². The van der Waals surface area contributed by atoms with Gasteiger partial charge < -0.3 is 9.47 Å². The van der Waals surface area contributed by atoms with Crippen LogP contribution in [0.2, 0.25) is 0 Å². The van der Waals surface area contributed by atoms with Crippen molar-refractivity contribution in [3.8, 4) is 5.75 Å². The van der Waals surface area contributed by atoms with E-state index in [2.05, 4.69) is 4.74 Å². The van der Waals surface area contributed by atoms with Gasteiger partial charge in [-0.2, -0.15) is 0 Å². The number of fused-ring (bicyclic) bond motifs is 1. The molecule has 0 bridgehead atoms. The van der Waals surface area contributed by atoms with Crippen molar-refractivity contribution >= 4 is 27.9 Å². The second kappa shape index (κ2) is 7.24. The second-order valence-corrected chi connectivity index (χ2v) is 7.55. The molecule has 0 fully saturated rings. The summed E-state index contributed by atoms with van der Waals surface area (Å²) in [7, 11) is -1.40. The van der Waals surface area contributed by atoms with Crippen molar-refractivity contribution < 1.29 is 27.5 Å². The van der Waals surface area contributed by atoms with Crippen LogP contribution in [0.3, 0.4) is 0 Å². The summed E-state index contributed by atoms with van der Waals surface area (Å²) in [5, 5.41) is 0. The Labute approximate surface area is 156 Å². The van der Waals surface area contributed by atoms with Gasteiger partial charge in [-0.15, -0.1) is 0 Å². The quantitative estimate of drug-likeness (QED) is 0.590. The van der Waals surface area contributed by atoms with Crippen LogP contribution in [0.25, 0.3) is 6.08 Å². The lowest BCUT2D eigenvalue weighted by atomic mass is 10.1. The van der Waals surface area contributed by atoms with E-state index in [0.29, 0.717) is 11.3 Å². The van der Waals surface area contributed by atoms with Crippen molar-refractivity contribution in [2.45, 2.75) is 4.90 Å². The van der Waals surface area contributed by atoms with E-state index in [1.807, 2.05) is 0 Å². The van der Waals surface area contributed by atoms with Crippen molar-refractivity contribution in [3.63, 3.8) is 0 Å². The molecule has 3 rings (SSSR count). The highest BCUT2D eigenvalue weighted by Crippen LogP contribution is 2.33. The molecule has 27 heavy (non-hydrogen) atoms. The number of hydrogen-bond donors (Lipinski definition) is 0. The van der Waals surface area contributed by atoms with E-state index in [-0.39, 0.29) is 16.2 Å². The summed E-state index contributed by atoms with van der Waals surface area (Å²) in [6.07, 6.45) is 1.43. The lowest BCUT2D eigenvalue weighted by Crippen LogP contribution is -2.42. The number of ether oxygens (including phenoxy) is 2. The first-order valence-corrected chi connectivity index (χ1v) is 9.41. The highest BCUT2D eigenvalue weighted by molar-refractivity contribution is 7.89. The van der Waals surface area contributed by atoms with Gasteiger partial charge in [0.2, 0.25) is 5.78 Å². The SMILES string of the molecule is COC(=O)CN1C(=Cc2ccc(OC)cc2)C(=O)c2ccccc2S1(=O)=O. The number of nitrogens with zero attached hydrogens (tertiary/aromatic N) is 1. The second-order valence-electron chi connectivity index (χ2n) is 5.72. The van der Waals surface area contributed by atoms with Gasteiger partial charge in [-0.05, 0) is 35.9 Å². The molecular weight excluding hydrogens is 370 g/mol. The van der Waals surface area contributed by atoms with Gasteiger partial charge in [0.25, 0.3) is 10.0 Å². The van der Waals surface area contributed by atoms with Gasteiger partial charge in [0.1, 0.15) is 18.0 Å². The van der Waals surface area contributed by atoms with Crippen molar-refractivity contribution in [3.05, 3.63) is 65.4 Å². The molecule has 0 N–H and O–H groups in total. The molecule has 0 saturated heterocycles. The Hall–Kier alpha value is -3.13. The Morgan fingerprint density at radius 3 is 2.37 bits per heavy atom. The zero-order valence-electron chi connectivity index (χ0n) is 14.7. The highest BCUT2D eigenvalue weighted by Gasteiger charge is 2.40. The number of carbonyl (C=O) groups is 2. The summed E-state index contributed by atoms with van der Waals surface area (Å²) < 4.78 is 36.5. The number of ketones is 1. The molecule has 8 heteroatoms. The summed E-state index contributed by atoms with van der Waals surface area (Å²) in [4.78, 5) is 24.6. The van der Waals surface area contributed by atoms with E-state index < -0.39 is 28.3 Å². The third-order valence-electron chi connectivity index (χ3n) is 4.12. The van der Waals surface area contributed by atoms with E-state index >= 15 is 0 Å². The molecule has 0 atom stereocenters. The summed E-state index contributed by atoms with van der Waals surface area (Å²) in [6.45, 7) is -0.596. The van der Waals surface area contributed by atoms with Crippen molar-refractivity contribution in [2.24, 2.45) is 0 Å². The molecule has 7 nitrogen and oxygen atoms in total. The maximum Gasteiger partial charge on any atom is 0.326 e. The zero-order chi connectivity index (χ0) is 19.6. The largest absolute Gasteiger partial charge is 0.497 e. The van der Waals surface area contributed by atoms with Crippen molar-refractivity contribution in [2.75, 3.05) is 20.8 Å². The summed E-state index contributed by atoms with van der Waals surface area (Å²) in [5.41, 5.74) is 0.534. The van der Waals surface area contributed by atoms with Crippen molar-refractivity contribution in [1.29, 1.82) is 0 Å². The van der Waals surface area contributed by atoms with Gasteiger partial charge in [0, 0.05) is 5.56 Å². The lowest BCUT2D eigenvalue weighted by Gasteiger charge is -2.30. The Morgan fingerprint density at radius 1 is 1.07 bits per heavy atom. The van der Waals surface area contributed by atoms with Crippen molar-refractivity contribution in [1.82, 2.24) is 4.31 Å². The van der Waals surface area contributed by atoms with Crippen LogP contribution in [0.1, 0.15) is 15.9 Å². The molecule has 0 amide bonds. The Balaban J connectivity index is 2.17. The van der Waals surface area contributed by atoms with Gasteiger partial charge >= 0.3 is 5.97 Å². The molecule has 0 saturated carbocycles. The van der Waals surface area contributed by atoms with Crippen LogP contribution in [-0.4, -0.2) is 45.2 Å². The molecule has 1 aliphatic heterocycles. The number of methoxy groups -OCH3 is 2. The monoisotopic (exact) mass is 387 g/mol. The molecule has 1 heterocycles. The average molecular weight is 387 g/mol. The van der Waals surface area contributed by atoms with Gasteiger partial charge in [0.15, 0.2) is 0 Å². The number of esters is 1. The minimum atomic E-state index is -4.08. The fourth-order valence-corrected chi connectivity index (χ4v) is 4.32. The Bertz CT molecular complexity index is 1020. The fourth-order valence-electron chi connectivity index (χ4n) is 2.73. The number of Topliss-reactive ketones (excluding diaryl/α,β-unsaturated/α-hetero) is 1. The number of sulfonamides is 1. The van der Waals surface area contributed by atoms with Gasteiger partial charge in [0.05, 0.1) is 19.1 Å². The molecule has 0 unspecified atom stereocenters. The Kier molecular flexibility index (Phi) is 5.00. The number of benzene rings is 2. The van der Waals surface area contributed by atoms with Crippen LogP contribution in [0, 0.1) is 0 Å². The van der Waals surface area contributed by atoms with Crippen LogP contribution >= 0.6 is 0 Å². The van der Waals surface area contributed by atoms with Crippen LogP contribution in [0.4, 0.5) is 0 Å². The normalized spacial score (nSPS) is 16.7. The van der Waals surface area contributed by atoms with Gasteiger partial charge in [-0.3, -0.25) is 13.9 Å². The van der Waals surface area contributed by atoms with Crippen LogP contribution in [-0.2, 0) is 19.6 Å². The summed E-state index contributed by atoms with van der Waals surface area (Å²) in [5.74, 6) is -0.636. The van der Waals surface area contributed by atoms with Crippen LogP contribution in [0.5, 0.6) is 5.75 Å². The first-order valence-electron chi connectivity index (χ1n) is 7.97. The first kappa shape index (κ1) is 18.7. The van der Waals surface area contributed by atoms with Crippen LogP contribution < -0.4 is 4.74 Å². The molecule has 0 aliphatic carbocycles. The zero-order valence-corrected chi connectivity index (χ0v) is 15.5. The maximum absolute atomic E-state index is 13.0. The molecule has 0 spiro atoms. The van der Waals surface area contributed by atoms with E-state index in [4.69, 9.17) is 4.74 Å². The Morgan fingerprint density at radius 2 is 1.74 bits per heavy atom. The summed E-state index contributed by atoms with van der Waals surface area (Å²) in [6, 6.07) is 12.7. The first-order chi connectivity index (χ1) is 12.9. The third kappa shape index (κ3) is 3.43. The maximum atomic E-state index is 13.0. The molecule has 0 aromatic heterocycles. The molecular formula is C19H17NO6S. The smallest absolute Gasteiger partial charge is 0.326 e. The molecule has 2 aromatic carbocycles. The van der Waals surface area contributed by atoms with E-state index in [0.717, 1.165) is 11.4 Å². The average Bonchev–Trinajstić information content (AvgIpc) is 2.69. The number of allylic oxidation sites excluding steroid dienone is 1. The number of carbonyl (C=O) groups excluding carboxylic acids is 2. The van der Waals surface area contributed by atoms with E-state index in [1.54, 1.807) is 30.3 Å². The van der Waals surface area contributed by atoms with E-state index in [9.17, 15) is 18.0 Å². The predicted molar refractivity (Wildman–Crippen MR) is 97.7 cm³/mol. The lowest BCUT2D eigenvalue weighted by molar-refractivity contribution is -0.140. The van der Waals surface area contributed by atoms with Gasteiger partial charge in [-0.25, -0.2) is 8.42 Å². The van der Waals surface area contributed by atoms with Crippen LogP contribution in [0.15, 0.2) is 59.1 Å². The minimum absolute atomic E-state index is 0.0679. The van der Waals surface area contributed by atoms with E-state index in [1.165, 1.54) is 31.4 Å². The standard InChI is InChI=1S/C19H17NO6S/c1-25-14-9-7-13(8-10-14)11-16-19(22)15-5-3-4-6-17(15)27(23,24)20(16)12-18(21)26-2/h3-11H,12H2,1-2H3.